The Bertz CT molecular complexity index is 1170. The number of carbonyl (C=O) groups is 1. The molecule has 10 nitrogen and oxygen atoms in total. The Balaban J connectivity index is 1.38. The van der Waals surface area contributed by atoms with E-state index in [1.807, 2.05) is 11.0 Å². The number of hydroxylamine groups is 1. The molecule has 2 saturated heterocycles. The first-order valence-electron chi connectivity index (χ1n) is 15.8. The molecule has 11 heteroatoms. The number of nitrogens with one attached hydrogen (secondary N) is 1. The lowest BCUT2D eigenvalue weighted by Gasteiger charge is -2.60. The molecular weight excluding hydrogens is 549 g/mol. The molecule has 238 valence electrons. The van der Waals surface area contributed by atoms with E-state index in [0.717, 1.165) is 52.0 Å². The predicted molar refractivity (Wildman–Crippen MR) is 165 cm³/mol. The summed E-state index contributed by atoms with van der Waals surface area (Å²) in [7, 11) is 1.77. The third-order valence-electron chi connectivity index (χ3n) is 9.23. The molecule has 1 amide bonds. The van der Waals surface area contributed by atoms with Gasteiger partial charge in [-0.05, 0) is 70.5 Å². The zero-order chi connectivity index (χ0) is 31.0. The Hall–Kier alpha value is -2.89. The minimum absolute atomic E-state index is 0.00720. The van der Waals surface area contributed by atoms with Crippen molar-refractivity contribution in [1.82, 2.24) is 30.5 Å². The first-order chi connectivity index (χ1) is 20.7. The molecule has 0 radical (unpaired) electrons. The number of carbonyl (C=O) groups excluding carboxylic acids is 1. The van der Waals surface area contributed by atoms with E-state index in [9.17, 15) is 9.18 Å². The van der Waals surface area contributed by atoms with Crippen molar-refractivity contribution < 1.29 is 18.8 Å². The number of halogens is 1. The summed E-state index contributed by atoms with van der Waals surface area (Å²) < 4.78 is 19.5. The van der Waals surface area contributed by atoms with Crippen LogP contribution in [0.25, 0.3) is 0 Å². The maximum Gasteiger partial charge on any atom is 0.329 e. The van der Waals surface area contributed by atoms with Crippen LogP contribution in [0.4, 0.5) is 10.2 Å². The number of likely N-dealkylation sites (tertiary alicyclic amines) is 1. The first kappa shape index (κ1) is 33.0. The van der Waals surface area contributed by atoms with E-state index in [2.05, 4.69) is 65.1 Å². The van der Waals surface area contributed by atoms with Crippen molar-refractivity contribution in [2.45, 2.75) is 84.8 Å². The van der Waals surface area contributed by atoms with Gasteiger partial charge in [0.05, 0.1) is 0 Å². The smallest absolute Gasteiger partial charge is 0.329 e. The van der Waals surface area contributed by atoms with E-state index in [-0.39, 0.29) is 17.1 Å². The predicted octanol–water partition coefficient (Wildman–Crippen LogP) is 4.58. The van der Waals surface area contributed by atoms with Crippen LogP contribution in [-0.4, -0.2) is 95.5 Å². The average molecular weight is 600 g/mol. The van der Waals surface area contributed by atoms with Gasteiger partial charge in [0.1, 0.15) is 0 Å². The Morgan fingerprint density at radius 1 is 1.14 bits per heavy atom. The van der Waals surface area contributed by atoms with Crippen molar-refractivity contribution in [3.8, 4) is 5.88 Å². The van der Waals surface area contributed by atoms with E-state index < -0.39 is 12.0 Å². The van der Waals surface area contributed by atoms with Gasteiger partial charge in [-0.2, -0.15) is 14.9 Å². The molecule has 1 aromatic heterocycles. The summed E-state index contributed by atoms with van der Waals surface area (Å²) >= 11 is 0. The standard InChI is InChI=1S/C32H50FN7O3/c1-7-27-32(22-40(27)26(23(2)3)15-11-17-38(24(4)5)18-12-20-42-6)16-19-39(21-32)28-30(35-36-31(33)34-28)43-37-29(41)25-13-9-8-10-14-25/h8-10,13-14,23-24,26-27H,7,11-12,15-22H2,1-6H3,(H,37,41)/t26-,27-,32+/m1/s1. The van der Waals surface area contributed by atoms with Crippen molar-refractivity contribution in [2.24, 2.45) is 11.3 Å². The highest BCUT2D eigenvalue weighted by atomic mass is 19.1. The number of benzene rings is 1. The van der Waals surface area contributed by atoms with Crippen molar-refractivity contribution in [3.05, 3.63) is 42.0 Å². The highest BCUT2D eigenvalue weighted by Crippen LogP contribution is 2.50. The lowest BCUT2D eigenvalue weighted by Crippen LogP contribution is -2.68. The fourth-order valence-corrected chi connectivity index (χ4v) is 7.04. The van der Waals surface area contributed by atoms with Gasteiger partial charge < -0.3 is 19.4 Å². The molecule has 2 aliphatic rings. The largest absolute Gasteiger partial charge is 0.385 e. The van der Waals surface area contributed by atoms with Gasteiger partial charge >= 0.3 is 12.0 Å². The molecule has 0 bridgehead atoms. The molecular formula is C32H50FN7O3. The molecule has 0 saturated carbocycles. The van der Waals surface area contributed by atoms with Crippen molar-refractivity contribution in [2.75, 3.05) is 51.3 Å². The third kappa shape index (κ3) is 7.99. The number of rotatable bonds is 16. The Kier molecular flexibility index (Phi) is 11.7. The molecule has 0 unspecified atom stereocenters. The number of hydrogen-bond acceptors (Lipinski definition) is 9. The molecule has 3 atom stereocenters. The van der Waals surface area contributed by atoms with Crippen LogP contribution in [0.15, 0.2) is 30.3 Å². The monoisotopic (exact) mass is 599 g/mol. The molecule has 1 N–H and O–H groups in total. The van der Waals surface area contributed by atoms with E-state index in [0.29, 0.717) is 36.2 Å². The Morgan fingerprint density at radius 2 is 1.88 bits per heavy atom. The number of anilines is 1. The molecule has 1 aromatic carbocycles. The number of hydrogen-bond donors (Lipinski definition) is 1. The maximum absolute atomic E-state index is 14.2. The highest BCUT2D eigenvalue weighted by Gasteiger charge is 2.57. The second-order valence-corrected chi connectivity index (χ2v) is 12.7. The molecule has 3 heterocycles. The molecule has 1 spiro atoms. The maximum atomic E-state index is 14.2. The van der Waals surface area contributed by atoms with E-state index >= 15 is 0 Å². The van der Waals surface area contributed by atoms with Crippen LogP contribution < -0.4 is 15.2 Å². The van der Waals surface area contributed by atoms with Gasteiger partial charge in [0.15, 0.2) is 0 Å². The quantitative estimate of drug-likeness (QED) is 0.220. The number of ether oxygens (including phenoxy) is 1. The Morgan fingerprint density at radius 3 is 2.56 bits per heavy atom. The van der Waals surface area contributed by atoms with Crippen LogP contribution in [0.2, 0.25) is 0 Å². The van der Waals surface area contributed by atoms with Crippen molar-refractivity contribution >= 4 is 11.7 Å². The van der Waals surface area contributed by atoms with Gasteiger partial charge in [0.2, 0.25) is 5.82 Å². The summed E-state index contributed by atoms with van der Waals surface area (Å²) in [5, 5.41) is 7.32. The fraction of sp³-hybridized carbons (Fsp3) is 0.688. The molecule has 0 aliphatic carbocycles. The van der Waals surface area contributed by atoms with Gasteiger partial charge in [-0.1, -0.05) is 44.1 Å². The summed E-state index contributed by atoms with van der Waals surface area (Å²) in [6, 6.07) is 10.2. The summed E-state index contributed by atoms with van der Waals surface area (Å²) in [4.78, 5) is 29.4. The van der Waals surface area contributed by atoms with Crippen molar-refractivity contribution in [3.63, 3.8) is 0 Å². The van der Waals surface area contributed by atoms with Gasteiger partial charge in [0.25, 0.3) is 5.91 Å². The lowest BCUT2D eigenvalue weighted by molar-refractivity contribution is -0.103. The normalized spacial score (nSPS) is 21.2. The third-order valence-corrected chi connectivity index (χ3v) is 9.23. The summed E-state index contributed by atoms with van der Waals surface area (Å²) in [6.07, 6.45) is 4.51. The zero-order valence-electron chi connectivity index (χ0n) is 26.8. The topological polar surface area (TPSA) is 96.0 Å². The van der Waals surface area contributed by atoms with E-state index in [1.54, 1.807) is 31.4 Å². The molecule has 2 fully saturated rings. The van der Waals surface area contributed by atoms with Gasteiger partial charge in [-0.15, -0.1) is 5.10 Å². The molecule has 2 aromatic rings. The molecule has 43 heavy (non-hydrogen) atoms. The van der Waals surface area contributed by atoms with Crippen LogP contribution in [-0.2, 0) is 4.74 Å². The fourth-order valence-electron chi connectivity index (χ4n) is 7.04. The number of aromatic nitrogens is 3. The summed E-state index contributed by atoms with van der Waals surface area (Å²) in [5.41, 5.74) is 2.94. The second kappa shape index (κ2) is 15.2. The SMILES string of the molecule is CC[C@H]1N([C@H](CCCN(CCCOC)C(C)C)C(C)C)C[C@@]12CCN(c1nc(F)nnc1ONC(=O)c1ccccc1)C2. The Labute approximate surface area is 256 Å². The lowest BCUT2D eigenvalue weighted by atomic mass is 9.68. The first-order valence-corrected chi connectivity index (χ1v) is 15.8. The van der Waals surface area contributed by atoms with E-state index in [1.165, 1.54) is 12.8 Å². The van der Waals surface area contributed by atoms with Gasteiger partial charge in [-0.3, -0.25) is 9.69 Å². The number of amides is 1. The summed E-state index contributed by atoms with van der Waals surface area (Å²) in [5.74, 6) is 0.390. The van der Waals surface area contributed by atoms with Crippen LogP contribution in [0.3, 0.4) is 0 Å². The number of methoxy groups -OCH3 is 1. The molecule has 2 aliphatic heterocycles. The second-order valence-electron chi connectivity index (χ2n) is 12.7. The minimum atomic E-state index is -0.919. The number of nitrogens with zero attached hydrogens (tertiary/aromatic N) is 6. The van der Waals surface area contributed by atoms with Crippen LogP contribution in [0.1, 0.15) is 77.1 Å². The van der Waals surface area contributed by atoms with Gasteiger partial charge in [0, 0.05) is 69.0 Å². The zero-order valence-corrected chi connectivity index (χ0v) is 26.8. The van der Waals surface area contributed by atoms with Crippen LogP contribution in [0, 0.1) is 17.4 Å². The van der Waals surface area contributed by atoms with Crippen molar-refractivity contribution in [1.29, 1.82) is 0 Å². The highest BCUT2D eigenvalue weighted by molar-refractivity contribution is 5.93. The summed E-state index contributed by atoms with van der Waals surface area (Å²) in [6.45, 7) is 16.9. The van der Waals surface area contributed by atoms with Gasteiger partial charge in [-0.25, -0.2) is 0 Å². The van der Waals surface area contributed by atoms with E-state index in [4.69, 9.17) is 9.57 Å². The average Bonchev–Trinajstić information content (AvgIpc) is 3.44. The molecule has 4 rings (SSSR count). The minimum Gasteiger partial charge on any atom is -0.385 e. The van der Waals surface area contributed by atoms with Crippen LogP contribution in [0.5, 0.6) is 5.88 Å². The van der Waals surface area contributed by atoms with Crippen LogP contribution >= 0.6 is 0 Å².